The van der Waals surface area contributed by atoms with Crippen molar-refractivity contribution < 1.29 is 14.2 Å². The zero-order valence-corrected chi connectivity index (χ0v) is 14.4. The number of benzene rings is 2. The molecular weight excluding hydrogens is 314 g/mol. The highest BCUT2D eigenvalue weighted by Gasteiger charge is 2.08. The van der Waals surface area contributed by atoms with E-state index in [0.717, 1.165) is 15.9 Å². The second-order valence-electron chi connectivity index (χ2n) is 5.72. The van der Waals surface area contributed by atoms with E-state index in [0.29, 0.717) is 26.2 Å². The predicted octanol–water partition coefficient (Wildman–Crippen LogP) is 3.95. The van der Waals surface area contributed by atoms with Gasteiger partial charge in [0.25, 0.3) is 0 Å². The molecule has 0 amide bonds. The highest BCUT2D eigenvalue weighted by Crippen LogP contribution is 2.05. The van der Waals surface area contributed by atoms with Crippen LogP contribution in [0.3, 0.4) is 0 Å². The quantitative estimate of drug-likeness (QED) is 0.205. The molecular formula is C21H25NO3. The molecule has 0 N–H and O–H groups in total. The fraction of sp³-hybridized carbons (Fsp3) is 0.286. The maximum Gasteiger partial charge on any atom is 0.178 e. The van der Waals surface area contributed by atoms with Crippen molar-refractivity contribution in [3.05, 3.63) is 89.7 Å². The Labute approximate surface area is 149 Å². The number of rotatable bonds is 11. The summed E-state index contributed by atoms with van der Waals surface area (Å²) in [6.45, 7) is 5.33. The van der Waals surface area contributed by atoms with Crippen molar-refractivity contribution in [2.75, 3.05) is 13.2 Å². The van der Waals surface area contributed by atoms with Gasteiger partial charge in [0, 0.05) is 5.56 Å². The normalized spacial score (nSPS) is 12.7. The lowest BCUT2D eigenvalue weighted by molar-refractivity contribution is -0.471. The topological polar surface area (TPSA) is 44.5 Å². The van der Waals surface area contributed by atoms with Gasteiger partial charge in [0.1, 0.15) is 6.61 Å². The summed E-state index contributed by atoms with van der Waals surface area (Å²) in [5.41, 5.74) is 2.10. The largest absolute Gasteiger partial charge is 0.624 e. The average Bonchev–Trinajstić information content (AvgIpc) is 2.63. The molecule has 0 bridgehead atoms. The Hall–Kier alpha value is -2.43. The van der Waals surface area contributed by atoms with E-state index in [9.17, 15) is 5.21 Å². The maximum absolute atomic E-state index is 11.9. The van der Waals surface area contributed by atoms with Crippen LogP contribution in [0.15, 0.2) is 73.3 Å². The molecule has 2 aromatic carbocycles. The van der Waals surface area contributed by atoms with E-state index in [-0.39, 0.29) is 12.7 Å². The van der Waals surface area contributed by atoms with Crippen LogP contribution < -0.4 is 0 Å². The number of hydrogen-bond acceptors (Lipinski definition) is 3. The lowest BCUT2D eigenvalue weighted by atomic mass is 10.2. The summed E-state index contributed by atoms with van der Waals surface area (Å²) < 4.78 is 12.3. The molecule has 2 aromatic rings. The molecule has 4 nitrogen and oxygen atoms in total. The first kappa shape index (κ1) is 18.9. The van der Waals surface area contributed by atoms with Crippen molar-refractivity contribution >= 4 is 6.21 Å². The number of hydroxylamine groups is 1. The Morgan fingerprint density at radius 2 is 1.64 bits per heavy atom. The summed E-state index contributed by atoms with van der Waals surface area (Å²) in [5.74, 6) is 0. The van der Waals surface area contributed by atoms with Gasteiger partial charge >= 0.3 is 0 Å². The molecule has 25 heavy (non-hydrogen) atoms. The van der Waals surface area contributed by atoms with Crippen LogP contribution in [0.2, 0.25) is 0 Å². The minimum Gasteiger partial charge on any atom is -0.624 e. The molecule has 0 aliphatic carbocycles. The second-order valence-corrected chi connectivity index (χ2v) is 5.72. The Morgan fingerprint density at radius 3 is 2.28 bits per heavy atom. The van der Waals surface area contributed by atoms with Crippen molar-refractivity contribution in [2.45, 2.75) is 25.7 Å². The molecule has 1 unspecified atom stereocenters. The van der Waals surface area contributed by atoms with Crippen molar-refractivity contribution in [1.82, 2.24) is 0 Å². The summed E-state index contributed by atoms with van der Waals surface area (Å²) in [7, 11) is 0. The first-order chi connectivity index (χ1) is 12.3. The van der Waals surface area contributed by atoms with Gasteiger partial charge in [-0.25, -0.2) is 4.74 Å². The molecule has 0 saturated heterocycles. The third-order valence-electron chi connectivity index (χ3n) is 3.64. The predicted molar refractivity (Wildman–Crippen MR) is 100 cm³/mol. The van der Waals surface area contributed by atoms with E-state index < -0.39 is 0 Å². The smallest absolute Gasteiger partial charge is 0.178 e. The summed E-state index contributed by atoms with van der Waals surface area (Å²) >= 11 is 0. The van der Waals surface area contributed by atoms with Gasteiger partial charge in [0.05, 0.1) is 19.3 Å². The summed E-state index contributed by atoms with van der Waals surface area (Å²) in [5, 5.41) is 11.9. The Bertz CT molecular complexity index is 641. The van der Waals surface area contributed by atoms with Gasteiger partial charge in [-0.05, 0) is 12.0 Å². The van der Waals surface area contributed by atoms with E-state index in [1.54, 1.807) is 6.08 Å². The van der Waals surface area contributed by atoms with E-state index >= 15 is 0 Å². The van der Waals surface area contributed by atoms with Gasteiger partial charge in [-0.2, -0.15) is 0 Å². The summed E-state index contributed by atoms with van der Waals surface area (Å²) in [6.07, 6.45) is 3.89. The molecule has 0 aromatic heterocycles. The van der Waals surface area contributed by atoms with Crippen LogP contribution in [0.25, 0.3) is 0 Å². The van der Waals surface area contributed by atoms with E-state index in [4.69, 9.17) is 9.47 Å². The number of nitrogens with zero attached hydrogens (tertiary/aromatic N) is 1. The van der Waals surface area contributed by atoms with Crippen molar-refractivity contribution in [3.8, 4) is 0 Å². The molecule has 0 fully saturated rings. The van der Waals surface area contributed by atoms with Gasteiger partial charge < -0.3 is 14.7 Å². The SMILES string of the molecule is C=CCC(COCc1ccccc1)OC/C=[N+](\[O-])Cc1ccccc1. The monoisotopic (exact) mass is 339 g/mol. The molecule has 1 atom stereocenters. The van der Waals surface area contributed by atoms with Gasteiger partial charge in [0.15, 0.2) is 12.8 Å². The van der Waals surface area contributed by atoms with Crippen LogP contribution in [0.1, 0.15) is 17.5 Å². The first-order valence-electron chi connectivity index (χ1n) is 8.43. The summed E-state index contributed by atoms with van der Waals surface area (Å²) in [6, 6.07) is 19.6. The van der Waals surface area contributed by atoms with Crippen LogP contribution in [0.4, 0.5) is 0 Å². The van der Waals surface area contributed by atoms with Crippen molar-refractivity contribution in [3.63, 3.8) is 0 Å². The second kappa shape index (κ2) is 11.2. The zero-order chi connectivity index (χ0) is 17.7. The van der Waals surface area contributed by atoms with Crippen molar-refractivity contribution in [1.29, 1.82) is 0 Å². The van der Waals surface area contributed by atoms with Gasteiger partial charge in [-0.3, -0.25) is 0 Å². The van der Waals surface area contributed by atoms with Crippen LogP contribution in [0.5, 0.6) is 0 Å². The van der Waals surface area contributed by atoms with Gasteiger partial charge in [-0.1, -0.05) is 66.7 Å². The summed E-state index contributed by atoms with van der Waals surface area (Å²) in [4.78, 5) is 0. The first-order valence-corrected chi connectivity index (χ1v) is 8.43. The average molecular weight is 339 g/mol. The van der Waals surface area contributed by atoms with E-state index in [1.807, 2.05) is 60.7 Å². The molecule has 0 spiro atoms. The molecule has 0 saturated carbocycles. The molecule has 0 aliphatic heterocycles. The van der Waals surface area contributed by atoms with Crippen LogP contribution in [-0.4, -0.2) is 30.3 Å². The molecule has 132 valence electrons. The highest BCUT2D eigenvalue weighted by atomic mass is 16.5. The lowest BCUT2D eigenvalue weighted by Gasteiger charge is -2.15. The van der Waals surface area contributed by atoms with Crippen LogP contribution in [0, 0.1) is 5.21 Å². The zero-order valence-electron chi connectivity index (χ0n) is 14.4. The third kappa shape index (κ3) is 7.79. The minimum absolute atomic E-state index is 0.109. The number of hydrogen-bond donors (Lipinski definition) is 0. The Balaban J connectivity index is 1.72. The Morgan fingerprint density at radius 1 is 1.00 bits per heavy atom. The molecule has 0 radical (unpaired) electrons. The minimum atomic E-state index is -0.109. The molecule has 0 heterocycles. The van der Waals surface area contributed by atoms with Gasteiger partial charge in [0.2, 0.25) is 0 Å². The van der Waals surface area contributed by atoms with E-state index in [1.165, 1.54) is 6.21 Å². The van der Waals surface area contributed by atoms with E-state index in [2.05, 4.69) is 6.58 Å². The fourth-order valence-electron chi connectivity index (χ4n) is 2.34. The Kier molecular flexibility index (Phi) is 8.45. The van der Waals surface area contributed by atoms with Crippen LogP contribution in [-0.2, 0) is 22.6 Å². The maximum atomic E-state index is 11.9. The van der Waals surface area contributed by atoms with Crippen LogP contribution >= 0.6 is 0 Å². The molecule has 4 heteroatoms. The lowest BCUT2D eigenvalue weighted by Crippen LogP contribution is -2.21. The number of ether oxygens (including phenoxy) is 2. The highest BCUT2D eigenvalue weighted by molar-refractivity contribution is 5.52. The fourth-order valence-corrected chi connectivity index (χ4v) is 2.34. The third-order valence-corrected chi connectivity index (χ3v) is 3.64. The van der Waals surface area contributed by atoms with Gasteiger partial charge in [-0.15, -0.1) is 6.58 Å². The molecule has 0 aliphatic rings. The van der Waals surface area contributed by atoms with Crippen molar-refractivity contribution in [2.24, 2.45) is 0 Å². The standard InChI is InChI=1S/C21H25NO3/c1-2-9-21(18-24-17-20-12-7-4-8-13-20)25-15-14-22(23)16-19-10-5-3-6-11-19/h2-8,10-14,21H,1,9,15-18H2/b22-14-. The molecule has 2 rings (SSSR count).